The zero-order valence-electron chi connectivity index (χ0n) is 10.1. The third-order valence-electron chi connectivity index (χ3n) is 2.28. The molecule has 0 aliphatic heterocycles. The Hall–Kier alpha value is -0.530. The Morgan fingerprint density at radius 3 is 2.89 bits per heavy atom. The fraction of sp³-hybridized carbons (Fsp3) is 0.455. The van der Waals surface area contributed by atoms with Crippen molar-refractivity contribution in [3.05, 3.63) is 31.6 Å². The van der Waals surface area contributed by atoms with Crippen LogP contribution in [0.2, 0.25) is 4.34 Å². The Morgan fingerprint density at radius 1 is 1.50 bits per heavy atom. The lowest BCUT2D eigenvalue weighted by atomic mass is 10.3. The summed E-state index contributed by atoms with van der Waals surface area (Å²) in [7, 11) is 1.69. The van der Waals surface area contributed by atoms with E-state index in [0.29, 0.717) is 10.9 Å². The molecule has 1 atom stereocenters. The minimum atomic E-state index is -0.00338. The van der Waals surface area contributed by atoms with Crippen molar-refractivity contribution >= 4 is 34.3 Å². The molecular formula is C11H14ClN3OS2. The van der Waals surface area contributed by atoms with E-state index in [-0.39, 0.29) is 6.04 Å². The van der Waals surface area contributed by atoms with Crippen molar-refractivity contribution in [2.45, 2.75) is 13.0 Å². The van der Waals surface area contributed by atoms with E-state index in [1.165, 1.54) is 11.3 Å². The van der Waals surface area contributed by atoms with Gasteiger partial charge in [0.25, 0.3) is 0 Å². The van der Waals surface area contributed by atoms with E-state index in [1.807, 2.05) is 12.3 Å². The van der Waals surface area contributed by atoms with Gasteiger partial charge in [-0.25, -0.2) is 9.97 Å². The number of ether oxygens (including phenoxy) is 1. The first kappa shape index (κ1) is 13.9. The number of hydrogen-bond donors (Lipinski definition) is 1. The molecule has 98 valence electrons. The van der Waals surface area contributed by atoms with Crippen LogP contribution in [0.4, 0.5) is 0 Å². The van der Waals surface area contributed by atoms with E-state index < -0.39 is 0 Å². The van der Waals surface area contributed by atoms with Gasteiger partial charge in [0, 0.05) is 24.7 Å². The van der Waals surface area contributed by atoms with Gasteiger partial charge in [-0.15, -0.1) is 22.7 Å². The van der Waals surface area contributed by atoms with Crippen LogP contribution in [-0.4, -0.2) is 30.2 Å². The summed E-state index contributed by atoms with van der Waals surface area (Å²) in [6.45, 7) is 3.39. The molecule has 2 aromatic rings. The fourth-order valence-corrected chi connectivity index (χ4v) is 3.45. The lowest BCUT2D eigenvalue weighted by Crippen LogP contribution is -2.25. The van der Waals surface area contributed by atoms with Crippen LogP contribution in [0.1, 0.15) is 21.8 Å². The van der Waals surface area contributed by atoms with Crippen LogP contribution < -0.4 is 5.32 Å². The highest BCUT2D eigenvalue weighted by Gasteiger charge is 2.20. The molecule has 0 aliphatic rings. The molecule has 2 aromatic heterocycles. The molecule has 0 saturated carbocycles. The average Bonchev–Trinajstić information content (AvgIpc) is 2.94. The second-order valence-electron chi connectivity index (χ2n) is 3.71. The number of aryl methyl sites for hydroxylation is 1. The Kier molecular flexibility index (Phi) is 5.08. The molecule has 0 amide bonds. The third kappa shape index (κ3) is 3.49. The fourth-order valence-electron chi connectivity index (χ4n) is 1.49. The topological polar surface area (TPSA) is 47.0 Å². The second-order valence-corrected chi connectivity index (χ2v) is 6.29. The van der Waals surface area contributed by atoms with E-state index in [4.69, 9.17) is 16.3 Å². The number of nitrogens with zero attached hydrogens (tertiary/aromatic N) is 2. The predicted octanol–water partition coefficient (Wildman–Crippen LogP) is 2.89. The van der Waals surface area contributed by atoms with Gasteiger partial charge in [0.15, 0.2) is 0 Å². The van der Waals surface area contributed by atoms with E-state index in [0.717, 1.165) is 22.3 Å². The first-order chi connectivity index (χ1) is 8.70. The molecule has 2 rings (SSSR count). The zero-order valence-corrected chi connectivity index (χ0v) is 12.5. The van der Waals surface area contributed by atoms with Crippen LogP contribution in [0.15, 0.2) is 11.6 Å². The minimum absolute atomic E-state index is 0.00338. The smallest absolute Gasteiger partial charge is 0.118 e. The molecule has 1 unspecified atom stereocenters. The molecule has 18 heavy (non-hydrogen) atoms. The quantitative estimate of drug-likeness (QED) is 0.834. The zero-order chi connectivity index (χ0) is 13.0. The lowest BCUT2D eigenvalue weighted by Gasteiger charge is -2.13. The lowest BCUT2D eigenvalue weighted by molar-refractivity contribution is 0.197. The SMILES string of the molecule is COCCNC(c1nc(C)cs1)c1ncc(Cl)s1. The van der Waals surface area contributed by atoms with Crippen LogP contribution in [0.25, 0.3) is 0 Å². The largest absolute Gasteiger partial charge is 0.383 e. The Morgan fingerprint density at radius 2 is 2.33 bits per heavy atom. The molecule has 0 aromatic carbocycles. The monoisotopic (exact) mass is 303 g/mol. The maximum Gasteiger partial charge on any atom is 0.118 e. The molecule has 0 spiro atoms. The maximum atomic E-state index is 5.95. The van der Waals surface area contributed by atoms with Crippen LogP contribution >= 0.6 is 34.3 Å². The van der Waals surface area contributed by atoms with E-state index in [9.17, 15) is 0 Å². The maximum absolute atomic E-state index is 5.95. The van der Waals surface area contributed by atoms with Crippen molar-refractivity contribution in [3.8, 4) is 0 Å². The third-order valence-corrected chi connectivity index (χ3v) is 4.49. The highest BCUT2D eigenvalue weighted by atomic mass is 35.5. The number of hydrogen-bond acceptors (Lipinski definition) is 6. The summed E-state index contributed by atoms with van der Waals surface area (Å²) < 4.78 is 5.74. The van der Waals surface area contributed by atoms with E-state index in [1.54, 1.807) is 24.6 Å². The average molecular weight is 304 g/mol. The second kappa shape index (κ2) is 6.58. The first-order valence-electron chi connectivity index (χ1n) is 5.46. The van der Waals surface area contributed by atoms with Crippen LogP contribution in [0.5, 0.6) is 0 Å². The van der Waals surface area contributed by atoms with Gasteiger partial charge in [-0.3, -0.25) is 5.32 Å². The highest BCUT2D eigenvalue weighted by molar-refractivity contribution is 7.16. The Labute approximate surface area is 119 Å². The number of nitrogens with one attached hydrogen (secondary N) is 1. The van der Waals surface area contributed by atoms with E-state index in [2.05, 4.69) is 15.3 Å². The van der Waals surface area contributed by atoms with Crippen molar-refractivity contribution in [2.75, 3.05) is 20.3 Å². The Balaban J connectivity index is 2.17. The predicted molar refractivity (Wildman–Crippen MR) is 75.7 cm³/mol. The molecular weight excluding hydrogens is 290 g/mol. The Bertz CT molecular complexity index is 460. The first-order valence-corrected chi connectivity index (χ1v) is 7.53. The summed E-state index contributed by atoms with van der Waals surface area (Å²) in [4.78, 5) is 8.84. The van der Waals surface area contributed by atoms with Gasteiger partial charge < -0.3 is 4.74 Å². The molecule has 7 heteroatoms. The number of rotatable bonds is 6. The van der Waals surface area contributed by atoms with Crippen LogP contribution in [-0.2, 0) is 4.74 Å². The number of halogens is 1. The van der Waals surface area contributed by atoms with Crippen molar-refractivity contribution in [3.63, 3.8) is 0 Å². The van der Waals surface area contributed by atoms with Gasteiger partial charge in [0.2, 0.25) is 0 Å². The molecule has 0 aliphatic carbocycles. The number of thiazole rings is 2. The van der Waals surface area contributed by atoms with E-state index >= 15 is 0 Å². The molecule has 1 N–H and O–H groups in total. The summed E-state index contributed by atoms with van der Waals surface area (Å²) in [6.07, 6.45) is 1.67. The molecule has 2 heterocycles. The summed E-state index contributed by atoms with van der Waals surface area (Å²) in [6, 6.07) is -0.00338. The molecule has 0 radical (unpaired) electrons. The minimum Gasteiger partial charge on any atom is -0.383 e. The van der Waals surface area contributed by atoms with Gasteiger partial charge in [-0.1, -0.05) is 11.6 Å². The van der Waals surface area contributed by atoms with Crippen molar-refractivity contribution < 1.29 is 4.74 Å². The number of aromatic nitrogens is 2. The van der Waals surface area contributed by atoms with Crippen molar-refractivity contribution in [2.24, 2.45) is 0 Å². The normalized spacial score (nSPS) is 12.8. The molecule has 4 nitrogen and oxygen atoms in total. The number of methoxy groups -OCH3 is 1. The van der Waals surface area contributed by atoms with Gasteiger partial charge in [-0.05, 0) is 6.92 Å². The molecule has 0 saturated heterocycles. The van der Waals surface area contributed by atoms with Gasteiger partial charge in [0.05, 0.1) is 12.8 Å². The standard InChI is InChI=1S/C11H14ClN3OS2/c1-7-6-17-11(15-7)9(13-3-4-16-2)10-14-5-8(12)18-10/h5-6,9,13H,3-4H2,1-2H3. The van der Waals surface area contributed by atoms with Crippen LogP contribution in [0.3, 0.4) is 0 Å². The molecule has 0 bridgehead atoms. The summed E-state index contributed by atoms with van der Waals surface area (Å²) >= 11 is 9.05. The highest BCUT2D eigenvalue weighted by Crippen LogP contribution is 2.30. The van der Waals surface area contributed by atoms with Crippen molar-refractivity contribution in [1.29, 1.82) is 0 Å². The van der Waals surface area contributed by atoms with Gasteiger partial charge >= 0.3 is 0 Å². The summed E-state index contributed by atoms with van der Waals surface area (Å²) in [5.74, 6) is 0. The van der Waals surface area contributed by atoms with Crippen LogP contribution in [0, 0.1) is 6.92 Å². The van der Waals surface area contributed by atoms with Gasteiger partial charge in [0.1, 0.15) is 20.4 Å². The summed E-state index contributed by atoms with van der Waals surface area (Å²) in [5.41, 5.74) is 1.02. The summed E-state index contributed by atoms with van der Waals surface area (Å²) in [5, 5.41) is 7.37. The molecule has 0 fully saturated rings. The van der Waals surface area contributed by atoms with Gasteiger partial charge in [-0.2, -0.15) is 0 Å². The van der Waals surface area contributed by atoms with Crippen molar-refractivity contribution in [1.82, 2.24) is 15.3 Å².